The first-order chi connectivity index (χ1) is 7.84. The molecule has 2 aromatic carbocycles. The van der Waals surface area contributed by atoms with Crippen molar-refractivity contribution >= 4 is 11.0 Å². The second-order valence-electron chi connectivity index (χ2n) is 3.62. The second kappa shape index (κ2) is 4.68. The van der Waals surface area contributed by atoms with Gasteiger partial charge in [-0.3, -0.25) is 0 Å². The van der Waals surface area contributed by atoms with E-state index in [1.165, 1.54) is 0 Å². The van der Waals surface area contributed by atoms with Crippen molar-refractivity contribution in [2.45, 2.75) is 0 Å². The molecule has 3 nitrogen and oxygen atoms in total. The number of nitrogens with zero attached hydrogens (tertiary/aromatic N) is 1. The first-order valence-corrected chi connectivity index (χ1v) is 5.08. The molecule has 1 aromatic heterocycles. The molecule has 0 saturated heterocycles. The van der Waals surface area contributed by atoms with Crippen LogP contribution in [0.5, 0.6) is 5.75 Å². The van der Waals surface area contributed by atoms with Crippen molar-refractivity contribution in [1.82, 2.24) is 9.97 Å². The summed E-state index contributed by atoms with van der Waals surface area (Å²) in [4.78, 5) is 7.61. The molecule has 0 aliphatic heterocycles. The number of aromatic amines is 1. The molecule has 3 rings (SSSR count). The van der Waals surface area contributed by atoms with Crippen molar-refractivity contribution in [1.29, 1.82) is 0 Å². The molecule has 17 heavy (non-hydrogen) atoms. The van der Waals surface area contributed by atoms with Crippen molar-refractivity contribution in [3.05, 3.63) is 48.5 Å². The van der Waals surface area contributed by atoms with Gasteiger partial charge in [0.15, 0.2) is 0 Å². The average Bonchev–Trinajstić information content (AvgIpc) is 2.73. The van der Waals surface area contributed by atoms with Crippen LogP contribution in [-0.2, 0) is 19.5 Å². The molecule has 0 fully saturated rings. The maximum atomic E-state index is 9.73. The Balaban J connectivity index is 0.00000108. The third-order valence-electron chi connectivity index (χ3n) is 2.55. The van der Waals surface area contributed by atoms with E-state index in [4.69, 9.17) is 0 Å². The monoisotopic (exact) mass is 274 g/mol. The zero-order valence-electron chi connectivity index (χ0n) is 9.22. The SMILES string of the molecule is Oc1ccccc1-c1nc2ccccc2[nH]1.[Zn]. The summed E-state index contributed by atoms with van der Waals surface area (Å²) in [6, 6.07) is 15.0. The van der Waals surface area contributed by atoms with Gasteiger partial charge in [-0.05, 0) is 24.3 Å². The number of hydrogen-bond donors (Lipinski definition) is 2. The number of para-hydroxylation sites is 3. The zero-order chi connectivity index (χ0) is 11.0. The van der Waals surface area contributed by atoms with Gasteiger partial charge in [-0.25, -0.2) is 4.98 Å². The van der Waals surface area contributed by atoms with Crippen molar-refractivity contribution in [2.24, 2.45) is 0 Å². The van der Waals surface area contributed by atoms with Gasteiger partial charge in [0.1, 0.15) is 11.6 Å². The standard InChI is InChI=1S/C13H10N2O.Zn/c16-12-8-4-1-5-9(12)13-14-10-6-2-3-7-11(10)15-13;/h1-8,16H,(H,14,15);. The summed E-state index contributed by atoms with van der Waals surface area (Å²) in [5.41, 5.74) is 2.60. The van der Waals surface area contributed by atoms with Gasteiger partial charge in [0.25, 0.3) is 0 Å². The molecule has 3 aromatic rings. The van der Waals surface area contributed by atoms with E-state index < -0.39 is 0 Å². The van der Waals surface area contributed by atoms with Crippen molar-refractivity contribution in [3.63, 3.8) is 0 Å². The number of aromatic nitrogens is 2. The quantitative estimate of drug-likeness (QED) is 0.671. The molecular weight excluding hydrogens is 266 g/mol. The molecule has 0 radical (unpaired) electrons. The van der Waals surface area contributed by atoms with Crippen molar-refractivity contribution in [3.8, 4) is 17.1 Å². The van der Waals surface area contributed by atoms with E-state index in [0.717, 1.165) is 16.6 Å². The number of H-pyrrole nitrogens is 1. The summed E-state index contributed by atoms with van der Waals surface area (Å²) in [5, 5.41) is 9.73. The average molecular weight is 276 g/mol. The van der Waals surface area contributed by atoms with Crippen LogP contribution in [0.4, 0.5) is 0 Å². The fourth-order valence-electron chi connectivity index (χ4n) is 1.75. The summed E-state index contributed by atoms with van der Waals surface area (Å²) in [6.07, 6.45) is 0. The minimum atomic E-state index is 0. The summed E-state index contributed by atoms with van der Waals surface area (Å²) in [7, 11) is 0. The number of hydrogen-bond acceptors (Lipinski definition) is 2. The number of nitrogens with one attached hydrogen (secondary N) is 1. The number of aromatic hydroxyl groups is 1. The maximum Gasteiger partial charge on any atom is 0.142 e. The van der Waals surface area contributed by atoms with E-state index in [9.17, 15) is 5.11 Å². The van der Waals surface area contributed by atoms with E-state index >= 15 is 0 Å². The normalized spacial score (nSPS) is 10.1. The van der Waals surface area contributed by atoms with Crippen LogP contribution in [0.2, 0.25) is 0 Å². The maximum absolute atomic E-state index is 9.73. The number of phenols is 1. The van der Waals surface area contributed by atoms with E-state index in [1.807, 2.05) is 36.4 Å². The van der Waals surface area contributed by atoms with Gasteiger partial charge < -0.3 is 10.1 Å². The van der Waals surface area contributed by atoms with Crippen LogP contribution in [0.3, 0.4) is 0 Å². The van der Waals surface area contributed by atoms with Crippen LogP contribution < -0.4 is 0 Å². The predicted octanol–water partition coefficient (Wildman–Crippen LogP) is 2.93. The van der Waals surface area contributed by atoms with Gasteiger partial charge in [-0.2, -0.15) is 0 Å². The Labute approximate surface area is 111 Å². The minimum absolute atomic E-state index is 0. The Morgan fingerprint density at radius 3 is 2.41 bits per heavy atom. The second-order valence-corrected chi connectivity index (χ2v) is 3.62. The van der Waals surface area contributed by atoms with Crippen molar-refractivity contribution < 1.29 is 24.6 Å². The first kappa shape index (κ1) is 11.8. The zero-order valence-corrected chi connectivity index (χ0v) is 12.2. The number of fused-ring (bicyclic) bond motifs is 1. The van der Waals surface area contributed by atoms with Crippen LogP contribution in [0.1, 0.15) is 0 Å². The largest absolute Gasteiger partial charge is 0.507 e. The first-order valence-electron chi connectivity index (χ1n) is 5.08. The topological polar surface area (TPSA) is 48.9 Å². The Morgan fingerprint density at radius 2 is 1.65 bits per heavy atom. The van der Waals surface area contributed by atoms with Gasteiger partial charge in [-0.15, -0.1) is 0 Å². The van der Waals surface area contributed by atoms with Crippen molar-refractivity contribution in [2.75, 3.05) is 0 Å². The number of imidazole rings is 1. The van der Waals surface area contributed by atoms with E-state index in [1.54, 1.807) is 12.1 Å². The molecule has 2 N–H and O–H groups in total. The smallest absolute Gasteiger partial charge is 0.142 e. The molecule has 0 aliphatic rings. The number of phenolic OH excluding ortho intramolecular Hbond substituents is 1. The Morgan fingerprint density at radius 1 is 0.941 bits per heavy atom. The fraction of sp³-hybridized carbons (Fsp3) is 0. The molecule has 0 aliphatic carbocycles. The van der Waals surface area contributed by atoms with E-state index in [-0.39, 0.29) is 25.2 Å². The molecule has 1 heterocycles. The van der Waals surface area contributed by atoms with E-state index in [0.29, 0.717) is 5.82 Å². The number of benzene rings is 2. The summed E-state index contributed by atoms with van der Waals surface area (Å²) in [6.45, 7) is 0. The Bertz CT molecular complexity index is 615. The molecule has 0 amide bonds. The molecular formula is C13H10N2OZn. The van der Waals surface area contributed by atoms with Crippen LogP contribution in [0.15, 0.2) is 48.5 Å². The summed E-state index contributed by atoms with van der Waals surface area (Å²) in [5.74, 6) is 0.931. The van der Waals surface area contributed by atoms with Gasteiger partial charge in [0, 0.05) is 19.5 Å². The molecule has 0 unspecified atom stereocenters. The number of rotatable bonds is 1. The fourth-order valence-corrected chi connectivity index (χ4v) is 1.75. The molecule has 0 saturated carbocycles. The summed E-state index contributed by atoms with van der Waals surface area (Å²) >= 11 is 0. The van der Waals surface area contributed by atoms with Gasteiger partial charge in [-0.1, -0.05) is 24.3 Å². The molecule has 0 bridgehead atoms. The Hall–Kier alpha value is -1.67. The Kier molecular flexibility index (Phi) is 3.25. The third kappa shape index (κ3) is 2.09. The van der Waals surface area contributed by atoms with Crippen LogP contribution in [0.25, 0.3) is 22.4 Å². The van der Waals surface area contributed by atoms with Crippen LogP contribution in [-0.4, -0.2) is 15.1 Å². The minimum Gasteiger partial charge on any atom is -0.507 e. The van der Waals surface area contributed by atoms with Crippen LogP contribution in [0, 0.1) is 0 Å². The molecule has 0 spiro atoms. The predicted molar refractivity (Wildman–Crippen MR) is 63.2 cm³/mol. The summed E-state index contributed by atoms with van der Waals surface area (Å²) < 4.78 is 0. The van der Waals surface area contributed by atoms with Gasteiger partial charge in [0.05, 0.1) is 16.6 Å². The van der Waals surface area contributed by atoms with Gasteiger partial charge >= 0.3 is 0 Å². The van der Waals surface area contributed by atoms with Crippen LogP contribution >= 0.6 is 0 Å². The molecule has 0 atom stereocenters. The van der Waals surface area contributed by atoms with E-state index in [2.05, 4.69) is 9.97 Å². The van der Waals surface area contributed by atoms with Gasteiger partial charge in [0.2, 0.25) is 0 Å². The molecule has 80 valence electrons. The third-order valence-corrected chi connectivity index (χ3v) is 2.55. The molecule has 4 heteroatoms.